The van der Waals surface area contributed by atoms with E-state index < -0.39 is 16.0 Å². The van der Waals surface area contributed by atoms with Crippen molar-refractivity contribution in [2.24, 2.45) is 0 Å². The molecule has 1 saturated carbocycles. The fraction of sp³-hybridized carbons (Fsp3) is 0.364. The highest BCUT2D eigenvalue weighted by Crippen LogP contribution is 2.20. The van der Waals surface area contributed by atoms with E-state index in [1.807, 2.05) is 6.92 Å². The van der Waals surface area contributed by atoms with Crippen LogP contribution in [-0.4, -0.2) is 39.5 Å². The van der Waals surface area contributed by atoms with Gasteiger partial charge < -0.3 is 14.8 Å². The van der Waals surface area contributed by atoms with Crippen molar-refractivity contribution in [1.82, 2.24) is 5.32 Å². The van der Waals surface area contributed by atoms with E-state index >= 15 is 0 Å². The van der Waals surface area contributed by atoms with Gasteiger partial charge in [0, 0.05) is 11.7 Å². The molecule has 0 unspecified atom stereocenters. The van der Waals surface area contributed by atoms with E-state index in [9.17, 15) is 18.0 Å². The normalized spacial score (nSPS) is 14.1. The van der Waals surface area contributed by atoms with Gasteiger partial charge in [-0.1, -0.05) is 12.8 Å². The van der Waals surface area contributed by atoms with E-state index in [2.05, 4.69) is 10.0 Å². The Balaban J connectivity index is 1.53. The van der Waals surface area contributed by atoms with Gasteiger partial charge >= 0.3 is 5.97 Å². The average Bonchev–Trinajstić information content (AvgIpc) is 3.26. The molecule has 3 rings (SSSR count). The number of ether oxygens (including phenoxy) is 2. The highest BCUT2D eigenvalue weighted by atomic mass is 32.2. The van der Waals surface area contributed by atoms with Crippen LogP contribution in [0.2, 0.25) is 0 Å². The molecule has 1 amide bonds. The SMILES string of the molecule is CCOc1ccc(S(=O)(=O)Nc2ccc(C(=O)OCC(=O)NC3CCCC3)cc2)cc1. The predicted octanol–water partition coefficient (Wildman–Crippen LogP) is 3.10. The van der Waals surface area contributed by atoms with Gasteiger partial charge in [0.2, 0.25) is 0 Å². The van der Waals surface area contributed by atoms with E-state index in [0.717, 1.165) is 25.7 Å². The second-order valence-electron chi connectivity index (χ2n) is 7.21. The van der Waals surface area contributed by atoms with Gasteiger partial charge in [-0.3, -0.25) is 9.52 Å². The maximum Gasteiger partial charge on any atom is 0.338 e. The largest absolute Gasteiger partial charge is 0.494 e. The van der Waals surface area contributed by atoms with Crippen LogP contribution in [0.25, 0.3) is 0 Å². The van der Waals surface area contributed by atoms with Crippen LogP contribution in [0.15, 0.2) is 53.4 Å². The molecule has 1 fully saturated rings. The molecule has 0 radical (unpaired) electrons. The lowest BCUT2D eigenvalue weighted by Crippen LogP contribution is -2.35. The Bertz CT molecular complexity index is 997. The minimum Gasteiger partial charge on any atom is -0.494 e. The van der Waals surface area contributed by atoms with Crippen LogP contribution in [0, 0.1) is 0 Å². The highest BCUT2D eigenvalue weighted by molar-refractivity contribution is 7.92. The van der Waals surface area contributed by atoms with Gasteiger partial charge in [-0.05, 0) is 68.3 Å². The van der Waals surface area contributed by atoms with E-state index in [4.69, 9.17) is 9.47 Å². The van der Waals surface area contributed by atoms with Crippen molar-refractivity contribution < 1.29 is 27.5 Å². The van der Waals surface area contributed by atoms with Crippen molar-refractivity contribution in [2.75, 3.05) is 17.9 Å². The van der Waals surface area contributed by atoms with E-state index in [1.165, 1.54) is 36.4 Å². The second kappa shape index (κ2) is 10.3. The molecule has 0 aliphatic heterocycles. The van der Waals surface area contributed by atoms with Crippen LogP contribution >= 0.6 is 0 Å². The van der Waals surface area contributed by atoms with Crippen LogP contribution < -0.4 is 14.8 Å². The first-order valence-corrected chi connectivity index (χ1v) is 11.7. The van der Waals surface area contributed by atoms with E-state index in [-0.39, 0.29) is 29.0 Å². The third kappa shape index (κ3) is 6.45. The summed E-state index contributed by atoms with van der Waals surface area (Å²) >= 11 is 0. The third-order valence-corrected chi connectivity index (χ3v) is 6.27. The van der Waals surface area contributed by atoms with Crippen molar-refractivity contribution in [3.05, 3.63) is 54.1 Å². The lowest BCUT2D eigenvalue weighted by atomic mass is 10.2. The third-order valence-electron chi connectivity index (χ3n) is 4.87. The molecule has 2 N–H and O–H groups in total. The Hall–Kier alpha value is -3.07. The minimum absolute atomic E-state index is 0.0905. The van der Waals surface area contributed by atoms with Crippen LogP contribution in [-0.2, 0) is 19.6 Å². The molecule has 0 spiro atoms. The number of carbonyl (C=O) groups excluding carboxylic acids is 2. The van der Waals surface area contributed by atoms with Gasteiger partial charge in [0.1, 0.15) is 5.75 Å². The smallest absolute Gasteiger partial charge is 0.338 e. The summed E-state index contributed by atoms with van der Waals surface area (Å²) in [7, 11) is -3.79. The molecule has 0 aromatic heterocycles. The summed E-state index contributed by atoms with van der Waals surface area (Å²) in [4.78, 5) is 24.1. The number of nitrogens with one attached hydrogen (secondary N) is 2. The molecule has 1 aliphatic rings. The zero-order chi connectivity index (χ0) is 22.3. The topological polar surface area (TPSA) is 111 Å². The molecule has 2 aromatic carbocycles. The molecule has 0 atom stereocenters. The van der Waals surface area contributed by atoms with Gasteiger partial charge in [-0.25, -0.2) is 13.2 Å². The molecule has 31 heavy (non-hydrogen) atoms. The zero-order valence-electron chi connectivity index (χ0n) is 17.3. The highest BCUT2D eigenvalue weighted by Gasteiger charge is 2.19. The van der Waals surface area contributed by atoms with Gasteiger partial charge in [0.15, 0.2) is 6.61 Å². The first-order valence-electron chi connectivity index (χ1n) is 10.2. The Labute approximate surface area is 182 Å². The monoisotopic (exact) mass is 446 g/mol. The van der Waals surface area contributed by atoms with Gasteiger partial charge in [-0.15, -0.1) is 0 Å². The fourth-order valence-corrected chi connectivity index (χ4v) is 4.38. The number of rotatable bonds is 9. The first kappa shape index (κ1) is 22.6. The van der Waals surface area contributed by atoms with Crippen LogP contribution in [0.3, 0.4) is 0 Å². The summed E-state index contributed by atoms with van der Waals surface area (Å²) < 4.78 is 37.9. The maximum absolute atomic E-state index is 12.5. The minimum atomic E-state index is -3.79. The van der Waals surface area contributed by atoms with Crippen LogP contribution in [0.1, 0.15) is 43.0 Å². The molecule has 0 heterocycles. The average molecular weight is 447 g/mol. The summed E-state index contributed by atoms with van der Waals surface area (Å²) in [5, 5.41) is 2.85. The molecule has 0 bridgehead atoms. The Morgan fingerprint density at radius 1 is 1.00 bits per heavy atom. The van der Waals surface area contributed by atoms with E-state index in [0.29, 0.717) is 18.0 Å². The first-order chi connectivity index (χ1) is 14.9. The van der Waals surface area contributed by atoms with Crippen molar-refractivity contribution in [1.29, 1.82) is 0 Å². The molecule has 2 aromatic rings. The summed E-state index contributed by atoms with van der Waals surface area (Å²) in [6.07, 6.45) is 4.10. The van der Waals surface area contributed by atoms with Crippen molar-refractivity contribution in [3.8, 4) is 5.75 Å². The maximum atomic E-state index is 12.5. The molecule has 166 valence electrons. The van der Waals surface area contributed by atoms with Crippen LogP contribution in [0.5, 0.6) is 5.75 Å². The van der Waals surface area contributed by atoms with Crippen LogP contribution in [0.4, 0.5) is 5.69 Å². The number of anilines is 1. The van der Waals surface area contributed by atoms with Crippen molar-refractivity contribution >= 4 is 27.6 Å². The quantitative estimate of drug-likeness (QED) is 0.573. The van der Waals surface area contributed by atoms with Crippen molar-refractivity contribution in [2.45, 2.75) is 43.5 Å². The lowest BCUT2D eigenvalue weighted by molar-refractivity contribution is -0.124. The number of carbonyl (C=O) groups is 2. The molecular weight excluding hydrogens is 420 g/mol. The Morgan fingerprint density at radius 2 is 1.65 bits per heavy atom. The number of esters is 1. The molecule has 1 aliphatic carbocycles. The standard InChI is InChI=1S/C22H26N2O6S/c1-2-29-19-11-13-20(14-12-19)31(27,28)24-18-9-7-16(8-10-18)22(26)30-15-21(25)23-17-5-3-4-6-17/h7-14,17,24H,2-6,15H2,1H3,(H,23,25). The Kier molecular flexibility index (Phi) is 7.51. The Morgan fingerprint density at radius 3 is 2.26 bits per heavy atom. The van der Waals surface area contributed by atoms with Crippen molar-refractivity contribution in [3.63, 3.8) is 0 Å². The summed E-state index contributed by atoms with van der Waals surface area (Å²) in [6.45, 7) is 1.99. The van der Waals surface area contributed by atoms with Gasteiger partial charge in [0.05, 0.1) is 17.1 Å². The fourth-order valence-electron chi connectivity index (χ4n) is 3.32. The summed E-state index contributed by atoms with van der Waals surface area (Å²) in [6, 6.07) is 12.0. The van der Waals surface area contributed by atoms with E-state index in [1.54, 1.807) is 12.1 Å². The second-order valence-corrected chi connectivity index (χ2v) is 8.89. The molecular formula is C22H26N2O6S. The number of sulfonamides is 1. The molecule has 8 nitrogen and oxygen atoms in total. The zero-order valence-corrected chi connectivity index (χ0v) is 18.1. The number of hydrogen-bond acceptors (Lipinski definition) is 6. The summed E-state index contributed by atoms with van der Waals surface area (Å²) in [5.74, 6) is -0.385. The molecule has 0 saturated heterocycles. The number of benzene rings is 2. The van der Waals surface area contributed by atoms with Gasteiger partial charge in [0.25, 0.3) is 15.9 Å². The number of hydrogen-bond donors (Lipinski definition) is 2. The lowest BCUT2D eigenvalue weighted by Gasteiger charge is -2.12. The molecule has 9 heteroatoms. The van der Waals surface area contributed by atoms with Gasteiger partial charge in [-0.2, -0.15) is 0 Å². The number of amides is 1. The predicted molar refractivity (Wildman–Crippen MR) is 116 cm³/mol. The summed E-state index contributed by atoms with van der Waals surface area (Å²) in [5.41, 5.74) is 0.516.